The van der Waals surface area contributed by atoms with E-state index < -0.39 is 0 Å². The van der Waals surface area contributed by atoms with Crippen LogP contribution in [0.3, 0.4) is 0 Å². The quantitative estimate of drug-likeness (QED) is 0.611. The average molecular weight is 307 g/mol. The number of hydrogen-bond acceptors (Lipinski definition) is 4. The molecule has 0 bridgehead atoms. The van der Waals surface area contributed by atoms with Gasteiger partial charge in [-0.1, -0.05) is 12.8 Å². The fourth-order valence-electron chi connectivity index (χ4n) is 2.08. The molecule has 0 aliphatic rings. The second kappa shape index (κ2) is 9.78. The number of nitrogens with two attached hydrogens (primary N) is 1. The van der Waals surface area contributed by atoms with Crippen LogP contribution < -0.4 is 21.1 Å². The third-order valence-electron chi connectivity index (χ3n) is 3.15. The number of nitrogens with one attached hydrogen (secondary N) is 2. The molecule has 122 valence electrons. The Balaban J connectivity index is 2.54. The summed E-state index contributed by atoms with van der Waals surface area (Å²) in [6.45, 7) is 2.12. The van der Waals surface area contributed by atoms with E-state index >= 15 is 0 Å². The Labute approximate surface area is 131 Å². The smallest absolute Gasteiger partial charge is 0.224 e. The second-order valence-corrected chi connectivity index (χ2v) is 5.10. The Bertz CT molecular complexity index is 503. The van der Waals surface area contributed by atoms with Gasteiger partial charge in [-0.2, -0.15) is 0 Å². The van der Waals surface area contributed by atoms with Crippen LogP contribution >= 0.6 is 0 Å². The van der Waals surface area contributed by atoms with Crippen LogP contribution in [-0.4, -0.2) is 25.5 Å². The maximum absolute atomic E-state index is 11.9. The standard InChI is InChI=1S/C16H25N3O3/c1-12(20)18-14-11-13(8-9-15(14)22-2)19-16(21)7-5-3-4-6-10-17/h8-9,11H,3-7,10,17H2,1-2H3,(H,18,20)(H,19,21). The van der Waals surface area contributed by atoms with Crippen molar-refractivity contribution in [3.05, 3.63) is 18.2 Å². The molecule has 1 aromatic carbocycles. The zero-order chi connectivity index (χ0) is 16.4. The van der Waals surface area contributed by atoms with Crippen molar-refractivity contribution in [2.45, 2.75) is 39.0 Å². The first kappa shape index (κ1) is 18.0. The van der Waals surface area contributed by atoms with E-state index in [4.69, 9.17) is 10.5 Å². The summed E-state index contributed by atoms with van der Waals surface area (Å²) in [4.78, 5) is 23.1. The highest BCUT2D eigenvalue weighted by atomic mass is 16.5. The van der Waals surface area contributed by atoms with E-state index in [1.165, 1.54) is 14.0 Å². The molecule has 22 heavy (non-hydrogen) atoms. The number of benzene rings is 1. The maximum Gasteiger partial charge on any atom is 0.224 e. The number of rotatable bonds is 9. The molecule has 0 aliphatic carbocycles. The summed E-state index contributed by atoms with van der Waals surface area (Å²) in [5, 5.41) is 5.50. The Morgan fingerprint density at radius 3 is 2.50 bits per heavy atom. The van der Waals surface area contributed by atoms with Crippen LogP contribution in [0.5, 0.6) is 5.75 Å². The lowest BCUT2D eigenvalue weighted by atomic mass is 10.1. The zero-order valence-electron chi connectivity index (χ0n) is 13.3. The van der Waals surface area contributed by atoms with Gasteiger partial charge in [0.15, 0.2) is 0 Å². The summed E-state index contributed by atoms with van der Waals surface area (Å²) >= 11 is 0. The minimum Gasteiger partial charge on any atom is -0.495 e. The summed E-state index contributed by atoms with van der Waals surface area (Å²) in [6, 6.07) is 5.14. The van der Waals surface area contributed by atoms with Crippen molar-refractivity contribution in [1.82, 2.24) is 0 Å². The molecule has 0 unspecified atom stereocenters. The fourth-order valence-corrected chi connectivity index (χ4v) is 2.08. The number of anilines is 2. The van der Waals surface area contributed by atoms with Crippen LogP contribution in [-0.2, 0) is 9.59 Å². The zero-order valence-corrected chi connectivity index (χ0v) is 13.3. The van der Waals surface area contributed by atoms with Crippen molar-refractivity contribution in [3.63, 3.8) is 0 Å². The Hall–Kier alpha value is -2.08. The fraction of sp³-hybridized carbons (Fsp3) is 0.500. The molecule has 6 heteroatoms. The Morgan fingerprint density at radius 2 is 1.86 bits per heavy atom. The number of unbranched alkanes of at least 4 members (excludes halogenated alkanes) is 3. The molecule has 0 aromatic heterocycles. The molecule has 0 spiro atoms. The molecule has 2 amide bonds. The van der Waals surface area contributed by atoms with Crippen molar-refractivity contribution >= 4 is 23.2 Å². The highest BCUT2D eigenvalue weighted by Crippen LogP contribution is 2.27. The Kier molecular flexibility index (Phi) is 7.99. The number of carbonyl (C=O) groups is 2. The van der Waals surface area contributed by atoms with Crippen LogP contribution in [0.4, 0.5) is 11.4 Å². The third kappa shape index (κ3) is 6.58. The minimum atomic E-state index is -0.193. The first-order chi connectivity index (χ1) is 10.6. The highest BCUT2D eigenvalue weighted by molar-refractivity contribution is 5.94. The van der Waals surface area contributed by atoms with Crippen molar-refractivity contribution in [2.24, 2.45) is 5.73 Å². The van der Waals surface area contributed by atoms with Gasteiger partial charge in [-0.05, 0) is 37.6 Å². The molecule has 1 aromatic rings. The van der Waals surface area contributed by atoms with E-state index in [1.54, 1.807) is 18.2 Å². The van der Waals surface area contributed by atoms with E-state index in [0.717, 1.165) is 25.7 Å². The van der Waals surface area contributed by atoms with Crippen LogP contribution in [0.25, 0.3) is 0 Å². The van der Waals surface area contributed by atoms with Crippen LogP contribution in [0, 0.1) is 0 Å². The molecule has 1 rings (SSSR count). The minimum absolute atomic E-state index is 0.0355. The van der Waals surface area contributed by atoms with Gasteiger partial charge in [0, 0.05) is 19.0 Å². The number of ether oxygens (including phenoxy) is 1. The van der Waals surface area contributed by atoms with Crippen molar-refractivity contribution < 1.29 is 14.3 Å². The lowest BCUT2D eigenvalue weighted by Gasteiger charge is -2.12. The van der Waals surface area contributed by atoms with Crippen molar-refractivity contribution in [1.29, 1.82) is 0 Å². The number of methoxy groups -OCH3 is 1. The van der Waals surface area contributed by atoms with Crippen LogP contribution in [0.1, 0.15) is 39.0 Å². The largest absolute Gasteiger partial charge is 0.495 e. The molecule has 0 saturated carbocycles. The average Bonchev–Trinajstić information content (AvgIpc) is 2.47. The number of amides is 2. The third-order valence-corrected chi connectivity index (χ3v) is 3.15. The summed E-state index contributed by atoms with van der Waals surface area (Å²) < 4.78 is 5.17. The maximum atomic E-state index is 11.9. The van der Waals surface area contributed by atoms with E-state index in [0.29, 0.717) is 30.1 Å². The lowest BCUT2D eigenvalue weighted by Crippen LogP contribution is -2.12. The molecule has 0 atom stereocenters. The molecule has 0 saturated heterocycles. The molecule has 0 heterocycles. The molecule has 0 radical (unpaired) electrons. The summed E-state index contributed by atoms with van der Waals surface area (Å²) in [5.74, 6) is 0.323. The van der Waals surface area contributed by atoms with Crippen LogP contribution in [0.2, 0.25) is 0 Å². The monoisotopic (exact) mass is 307 g/mol. The number of hydrogen-bond donors (Lipinski definition) is 3. The van der Waals surface area contributed by atoms with Gasteiger partial charge >= 0.3 is 0 Å². The lowest BCUT2D eigenvalue weighted by molar-refractivity contribution is -0.116. The van der Waals surface area contributed by atoms with Crippen LogP contribution in [0.15, 0.2) is 18.2 Å². The van der Waals surface area contributed by atoms with Crippen molar-refractivity contribution in [2.75, 3.05) is 24.3 Å². The molecule has 0 fully saturated rings. The predicted octanol–water partition coefficient (Wildman–Crippen LogP) is 2.50. The summed E-state index contributed by atoms with van der Waals surface area (Å²) in [5.41, 5.74) is 6.60. The van der Waals surface area contributed by atoms with Crippen molar-refractivity contribution in [3.8, 4) is 5.75 Å². The number of carbonyl (C=O) groups excluding carboxylic acids is 2. The van der Waals surface area contributed by atoms with Gasteiger partial charge in [0.2, 0.25) is 11.8 Å². The first-order valence-electron chi connectivity index (χ1n) is 7.52. The van der Waals surface area contributed by atoms with E-state index in [1.807, 2.05) is 0 Å². The van der Waals surface area contributed by atoms with E-state index in [2.05, 4.69) is 10.6 Å². The summed E-state index contributed by atoms with van der Waals surface area (Å²) in [7, 11) is 1.53. The van der Waals surface area contributed by atoms with Gasteiger partial charge < -0.3 is 21.1 Å². The SMILES string of the molecule is COc1ccc(NC(=O)CCCCCCN)cc1NC(C)=O. The van der Waals surface area contributed by atoms with E-state index in [-0.39, 0.29) is 11.8 Å². The Morgan fingerprint density at radius 1 is 1.14 bits per heavy atom. The topological polar surface area (TPSA) is 93.4 Å². The van der Waals surface area contributed by atoms with Gasteiger partial charge in [-0.15, -0.1) is 0 Å². The molecular weight excluding hydrogens is 282 g/mol. The van der Waals surface area contributed by atoms with Gasteiger partial charge in [0.1, 0.15) is 5.75 Å². The van der Waals surface area contributed by atoms with Gasteiger partial charge in [0.25, 0.3) is 0 Å². The van der Waals surface area contributed by atoms with E-state index in [9.17, 15) is 9.59 Å². The molecule has 6 nitrogen and oxygen atoms in total. The summed E-state index contributed by atoms with van der Waals surface area (Å²) in [6.07, 6.45) is 4.39. The molecule has 4 N–H and O–H groups in total. The molecular formula is C16H25N3O3. The normalized spacial score (nSPS) is 10.1. The first-order valence-corrected chi connectivity index (χ1v) is 7.52. The molecule has 0 aliphatic heterocycles. The predicted molar refractivity (Wildman–Crippen MR) is 88.1 cm³/mol. The second-order valence-electron chi connectivity index (χ2n) is 5.10. The van der Waals surface area contributed by atoms with Gasteiger partial charge in [0.05, 0.1) is 12.8 Å². The van der Waals surface area contributed by atoms with Gasteiger partial charge in [-0.3, -0.25) is 9.59 Å². The van der Waals surface area contributed by atoms with Gasteiger partial charge in [-0.25, -0.2) is 0 Å². The highest BCUT2D eigenvalue weighted by Gasteiger charge is 2.08.